The number of nitrogens with zero attached hydrogens (tertiary/aromatic N) is 6. The predicted octanol–water partition coefficient (Wildman–Crippen LogP) is -5.51. The van der Waals surface area contributed by atoms with Gasteiger partial charge in [0.05, 0.1) is 54.5 Å². The van der Waals surface area contributed by atoms with Gasteiger partial charge in [0.2, 0.25) is 50.1 Å². The lowest BCUT2D eigenvalue weighted by Gasteiger charge is -2.27. The highest BCUT2D eigenvalue weighted by atomic mass is 32.2. The van der Waals surface area contributed by atoms with E-state index in [0.29, 0.717) is 13.0 Å². The van der Waals surface area contributed by atoms with Gasteiger partial charge in [-0.3, -0.25) is 81.2 Å². The van der Waals surface area contributed by atoms with Gasteiger partial charge in [0, 0.05) is 122 Å². The predicted molar refractivity (Wildman–Crippen MR) is 456 cm³/mol. The molecule has 6 aliphatic rings. The molecule has 6 fully saturated rings. The molecule has 6 aliphatic heterocycles. The first-order valence-corrected chi connectivity index (χ1v) is 48.6. The van der Waals surface area contributed by atoms with Crippen molar-refractivity contribution in [2.75, 3.05) is 93.3 Å². The largest absolute Gasteiger partial charge is 0.374 e. The van der Waals surface area contributed by atoms with Gasteiger partial charge in [0.1, 0.15) is 85.5 Å². The van der Waals surface area contributed by atoms with Crippen LogP contribution in [-0.2, 0) is 126 Å². The zero-order valence-corrected chi connectivity index (χ0v) is 78.1. The number of aromatic nitrogens is 10. The van der Waals surface area contributed by atoms with Crippen molar-refractivity contribution >= 4 is 56.0 Å². The Balaban J connectivity index is 0.000000221. The second-order valence-corrected chi connectivity index (χ2v) is 40.3. The van der Waals surface area contributed by atoms with Crippen molar-refractivity contribution in [3.8, 4) is 0 Å². The SMILES string of the molecule is CNS(=O)(=O)/C=C/[C@H]1O[C@@H](n2ccc(=O)[nH]c2=O)[C@H](OC)[C@@H]1OC(C)C.CNS(=O)(=O)C[C@H]1O[C@@H](n2ccc(=O)[nH]c2=O)[C@H](OC)[C@@H]1OC(C)C.CO[C@@H]1[C@H](OC(C)C)[C@@H](C(=O)NS(C)(=O)=O)O[C@H]1n1ccc(=O)[nH]c1=O.CO[C@@H]1[C@H](OC(C)C)[C@@H](CN2CCCS2(=O)=O)O[C@H]1n1ccc(=O)[nH]c1=O.CO[C@@H]1[C@H](OC(C)C)[C@@H](CNS(C)(=O)=O)O[C@H]1n1ccc(=O)[nH]c1=O. The minimum Gasteiger partial charge on any atom is -0.374 e. The average Bonchev–Trinajstić information content (AvgIpc) is 1.65. The smallest absolute Gasteiger partial charge is 0.330 e. The maximum absolute atomic E-state index is 12.3. The molecule has 1 amide bonds. The van der Waals surface area contributed by atoms with Crippen molar-refractivity contribution in [1.82, 2.24) is 70.9 Å². The maximum atomic E-state index is 12.3. The molecule has 0 aromatic carbocycles. The standard InChI is InChI=1S/C16H25N3O7S.C15H23N3O7S.C14H21N3O8S.2C14H23N3O7S/c1-10(2)25-13-11(9-18-6-4-8-27(18,22)23)26-15(14(13)24-3)19-7-5-12(20)17-16(19)21;1-9(2)24-12-10(6-8-26(21,22)16-3)25-14(13(12)23-4)18-7-5-11(19)17-15(18)20;1-7(2)24-9-10(12(19)16-26(4,21)22)25-13(11(9)23-3)17-6-5-8(18)15-14(17)20;1-8(2)23-11-9(7-15-25(4,20)21)24-13(12(11)22-3)17-6-5-10(18)16-14(17)19;1-8(2)23-11-9(7-25(20,21)15-3)24-13(12(11)22-4)17-6-5-10(18)16-14(17)19/h5,7,10-11,13-15H,4,6,8-9H2,1-3H3,(H,17,20,21);5-10,12-14,16H,1-4H3,(H,17,19,20);5-7,9-11,13H,1-4H3,(H,16,19)(H,15,18,20);2*5-6,8-9,11-13,15H,7H2,1-4H3,(H,16,18,19)/b;8-6+;;;/t11-,13-,14-,15-;10-,12-,13-,14-;9-,10+,11-,13-;2*9-,11-,12-,13-/m11111/s1. The molecule has 56 heteroatoms. The van der Waals surface area contributed by atoms with Crippen LogP contribution in [0.1, 0.15) is 107 Å². The van der Waals surface area contributed by atoms with Crippen molar-refractivity contribution in [2.45, 2.75) is 229 Å². The molecule has 129 heavy (non-hydrogen) atoms. The summed E-state index contributed by atoms with van der Waals surface area (Å²) in [4.78, 5) is 140. The van der Waals surface area contributed by atoms with E-state index in [-0.39, 0.29) is 55.1 Å². The lowest BCUT2D eigenvalue weighted by molar-refractivity contribution is -0.139. The van der Waals surface area contributed by atoms with E-state index in [1.54, 1.807) is 27.7 Å². The van der Waals surface area contributed by atoms with Crippen LogP contribution in [0.2, 0.25) is 0 Å². The highest BCUT2D eigenvalue weighted by Gasteiger charge is 2.54. The summed E-state index contributed by atoms with van der Waals surface area (Å²) in [5, 5.41) is 0.971. The topological polar surface area (TPSA) is 652 Å². The summed E-state index contributed by atoms with van der Waals surface area (Å²) in [6.45, 7) is 18.6. The van der Waals surface area contributed by atoms with Gasteiger partial charge in [-0.25, -0.2) is 80.2 Å². The van der Waals surface area contributed by atoms with Crippen molar-refractivity contribution in [3.63, 3.8) is 0 Å². The van der Waals surface area contributed by atoms with E-state index < -0.39 is 235 Å². The van der Waals surface area contributed by atoms with Crippen molar-refractivity contribution in [1.29, 1.82) is 0 Å². The first-order chi connectivity index (χ1) is 60.2. The molecule has 728 valence electrons. The molecule has 0 radical (unpaired) electrons. The fraction of sp³-hybridized carbons (Fsp3) is 0.685. The number of nitrogens with one attached hydrogen (secondary N) is 9. The minimum atomic E-state index is -3.82. The number of methoxy groups -OCH3 is 5. The fourth-order valence-electron chi connectivity index (χ4n) is 14.2. The summed E-state index contributed by atoms with van der Waals surface area (Å²) in [7, 11) is -8.03. The van der Waals surface area contributed by atoms with E-state index in [0.717, 1.165) is 33.1 Å². The number of rotatable bonds is 33. The third-order valence-electron chi connectivity index (χ3n) is 19.5. The number of carbonyl (C=O) groups is 1. The maximum Gasteiger partial charge on any atom is 0.330 e. The lowest BCUT2D eigenvalue weighted by atomic mass is 10.1. The fourth-order valence-corrected chi connectivity index (χ4v) is 18.1. The summed E-state index contributed by atoms with van der Waals surface area (Å²) in [6.07, 6.45) is -7.01. The van der Waals surface area contributed by atoms with E-state index in [1.165, 1.54) is 129 Å². The van der Waals surface area contributed by atoms with Gasteiger partial charge in [0.25, 0.3) is 33.7 Å². The van der Waals surface area contributed by atoms with Gasteiger partial charge >= 0.3 is 28.4 Å². The van der Waals surface area contributed by atoms with E-state index in [4.69, 9.17) is 71.1 Å². The van der Waals surface area contributed by atoms with Crippen LogP contribution in [0, 0.1) is 0 Å². The molecule has 0 spiro atoms. The zero-order chi connectivity index (χ0) is 96.4. The molecule has 0 bridgehead atoms. The molecule has 6 saturated heterocycles. The molecule has 11 heterocycles. The number of carbonyl (C=O) groups excluding carboxylic acids is 1. The molecule has 5 aromatic rings. The Morgan fingerprint density at radius 2 is 0.760 bits per heavy atom. The van der Waals surface area contributed by atoms with Crippen LogP contribution in [0.15, 0.2) is 121 Å². The monoisotopic (exact) mass is 1940 g/mol. The van der Waals surface area contributed by atoms with Gasteiger partial charge < -0.3 is 71.1 Å². The Bertz CT molecular complexity index is 5850. The van der Waals surface area contributed by atoms with Crippen LogP contribution >= 0.6 is 0 Å². The Morgan fingerprint density at radius 1 is 0.442 bits per heavy atom. The number of H-pyrrole nitrogens is 5. The summed E-state index contributed by atoms with van der Waals surface area (Å²) in [6, 6.07) is 5.88. The number of amides is 1. The van der Waals surface area contributed by atoms with Gasteiger partial charge in [-0.1, -0.05) is 0 Å². The van der Waals surface area contributed by atoms with Crippen LogP contribution < -0.4 is 75.1 Å². The molecular weight excluding hydrogens is 1820 g/mol. The molecule has 51 nitrogen and oxygen atoms in total. The number of hydrogen-bond acceptors (Lipinski definition) is 36. The van der Waals surface area contributed by atoms with E-state index in [9.17, 15) is 94.8 Å². The van der Waals surface area contributed by atoms with Gasteiger partial charge in [-0.05, 0) is 95.8 Å². The van der Waals surface area contributed by atoms with Gasteiger partial charge in [0.15, 0.2) is 37.2 Å². The van der Waals surface area contributed by atoms with Gasteiger partial charge in [-0.15, -0.1) is 0 Å². The molecule has 9 N–H and O–H groups in total. The highest BCUT2D eigenvalue weighted by Crippen LogP contribution is 2.39. The summed E-state index contributed by atoms with van der Waals surface area (Å²) < 4.78 is 218. The Labute approximate surface area is 740 Å². The summed E-state index contributed by atoms with van der Waals surface area (Å²) in [5.41, 5.74) is -6.12. The Hall–Kier alpha value is -8.40. The second-order valence-electron chi connectivity index (χ2n) is 30.9. The Kier molecular flexibility index (Phi) is 39.0. The summed E-state index contributed by atoms with van der Waals surface area (Å²) >= 11 is 0. The highest BCUT2D eigenvalue weighted by molar-refractivity contribution is 7.92. The van der Waals surface area contributed by atoms with Gasteiger partial charge in [-0.2, -0.15) is 4.31 Å². The second kappa shape index (κ2) is 46.8. The van der Waals surface area contributed by atoms with E-state index in [1.807, 2.05) is 46.3 Å². The molecule has 20 atom stereocenters. The molecule has 0 aliphatic carbocycles. The Morgan fingerprint density at radius 3 is 1.09 bits per heavy atom. The molecular formula is C73H115N15O36S5. The molecule has 0 unspecified atom stereocenters. The van der Waals surface area contributed by atoms with Crippen molar-refractivity contribution < 1.29 is 118 Å². The van der Waals surface area contributed by atoms with Crippen molar-refractivity contribution in [2.24, 2.45) is 0 Å². The first-order valence-electron chi connectivity index (χ1n) is 40.0. The van der Waals surface area contributed by atoms with Crippen LogP contribution in [0.5, 0.6) is 0 Å². The number of aromatic amines is 5. The quantitative estimate of drug-likeness (QED) is 0.0189. The third kappa shape index (κ3) is 29.8. The van der Waals surface area contributed by atoms with Crippen LogP contribution in [0.25, 0.3) is 0 Å². The lowest BCUT2D eigenvalue weighted by Crippen LogP contribution is -2.47. The van der Waals surface area contributed by atoms with Crippen molar-refractivity contribution in [3.05, 3.63) is 177 Å². The van der Waals surface area contributed by atoms with Crippen LogP contribution in [0.4, 0.5) is 0 Å². The van der Waals surface area contributed by atoms with E-state index in [2.05, 4.69) is 39.1 Å². The minimum absolute atomic E-state index is 0.0370. The molecule has 5 aromatic heterocycles. The number of sulfonamides is 5. The molecule has 11 rings (SSSR count). The van der Waals surface area contributed by atoms with Crippen LogP contribution in [0.3, 0.4) is 0 Å². The number of ether oxygens (including phenoxy) is 15. The molecule has 0 saturated carbocycles. The normalized spacial score (nSPS) is 27.7. The average molecular weight is 1940 g/mol. The van der Waals surface area contributed by atoms with E-state index >= 15 is 0 Å². The van der Waals surface area contributed by atoms with Crippen LogP contribution in [-0.4, -0.2) is 315 Å². The zero-order valence-electron chi connectivity index (χ0n) is 74.0. The third-order valence-corrected chi connectivity index (χ3v) is 25.2. The number of hydrogen-bond donors (Lipinski definition) is 9. The summed E-state index contributed by atoms with van der Waals surface area (Å²) in [5.74, 6) is -1.18. The first kappa shape index (κ1) is 108.